The molecule has 28 heavy (non-hydrogen) atoms. The molecule has 3 rings (SSSR count). The van der Waals surface area contributed by atoms with Crippen LogP contribution in [0.5, 0.6) is 0 Å². The maximum Gasteiger partial charge on any atom is 0.337 e. The van der Waals surface area contributed by atoms with Crippen LogP contribution in [0, 0.1) is 12.7 Å². The van der Waals surface area contributed by atoms with Crippen LogP contribution in [-0.4, -0.2) is 29.0 Å². The first-order valence-corrected chi connectivity index (χ1v) is 8.32. The molecule has 3 aromatic rings. The largest absolute Gasteiger partial charge is 0.465 e. The van der Waals surface area contributed by atoms with E-state index in [9.17, 15) is 14.0 Å². The molecule has 1 amide bonds. The number of rotatable bonds is 5. The predicted molar refractivity (Wildman–Crippen MR) is 102 cm³/mol. The van der Waals surface area contributed by atoms with Crippen molar-refractivity contribution in [2.24, 2.45) is 0 Å². The molecule has 0 aliphatic carbocycles. The van der Waals surface area contributed by atoms with Crippen molar-refractivity contribution in [2.75, 3.05) is 17.7 Å². The first-order valence-electron chi connectivity index (χ1n) is 8.32. The van der Waals surface area contributed by atoms with Crippen molar-refractivity contribution >= 4 is 29.1 Å². The molecule has 0 radical (unpaired) electrons. The van der Waals surface area contributed by atoms with Crippen molar-refractivity contribution in [1.29, 1.82) is 0 Å². The molecule has 0 aliphatic rings. The van der Waals surface area contributed by atoms with Crippen LogP contribution in [0.3, 0.4) is 0 Å². The van der Waals surface area contributed by atoms with Crippen molar-refractivity contribution in [1.82, 2.24) is 9.97 Å². The van der Waals surface area contributed by atoms with Crippen LogP contribution >= 0.6 is 0 Å². The standard InChI is InChI=1S/C20H17FN4O3/c1-12-22-17(19(26)25-15-8-6-14(21)7-9-15)11-18(23-12)24-16-5-3-4-13(10-16)20(27)28-2/h3-11H,1-2H3,(H,25,26)(H,22,23,24). The summed E-state index contributed by atoms with van der Waals surface area (Å²) in [5.41, 5.74) is 1.57. The summed E-state index contributed by atoms with van der Waals surface area (Å²) >= 11 is 0. The number of ether oxygens (including phenoxy) is 1. The number of nitrogens with zero attached hydrogens (tertiary/aromatic N) is 2. The van der Waals surface area contributed by atoms with E-state index in [1.165, 1.54) is 37.4 Å². The van der Waals surface area contributed by atoms with Gasteiger partial charge in [-0.3, -0.25) is 4.79 Å². The molecule has 0 spiro atoms. The summed E-state index contributed by atoms with van der Waals surface area (Å²) < 4.78 is 17.7. The molecule has 1 aromatic heterocycles. The SMILES string of the molecule is COC(=O)c1cccc(Nc2cc(C(=O)Nc3ccc(F)cc3)nc(C)n2)c1. The minimum Gasteiger partial charge on any atom is -0.465 e. The average molecular weight is 380 g/mol. The number of benzene rings is 2. The van der Waals surface area contributed by atoms with E-state index in [4.69, 9.17) is 4.74 Å². The van der Waals surface area contributed by atoms with Crippen LogP contribution in [0.4, 0.5) is 21.6 Å². The Bertz CT molecular complexity index is 1020. The number of carbonyl (C=O) groups excluding carboxylic acids is 2. The summed E-state index contributed by atoms with van der Waals surface area (Å²) in [6.07, 6.45) is 0. The highest BCUT2D eigenvalue weighted by atomic mass is 19.1. The van der Waals surface area contributed by atoms with Crippen molar-refractivity contribution in [2.45, 2.75) is 6.92 Å². The molecule has 0 bridgehead atoms. The molecule has 0 saturated carbocycles. The molecule has 1 heterocycles. The lowest BCUT2D eigenvalue weighted by Crippen LogP contribution is -2.15. The lowest BCUT2D eigenvalue weighted by Gasteiger charge is -2.10. The summed E-state index contributed by atoms with van der Waals surface area (Å²) in [6, 6.07) is 13.6. The van der Waals surface area contributed by atoms with Crippen LogP contribution in [-0.2, 0) is 4.74 Å². The van der Waals surface area contributed by atoms with E-state index < -0.39 is 17.7 Å². The number of anilines is 3. The normalized spacial score (nSPS) is 10.2. The third-order valence-corrected chi connectivity index (χ3v) is 3.73. The minimum absolute atomic E-state index is 0.142. The molecule has 2 N–H and O–H groups in total. The second-order valence-corrected chi connectivity index (χ2v) is 5.84. The van der Waals surface area contributed by atoms with Crippen molar-refractivity contribution in [3.05, 3.63) is 77.5 Å². The monoisotopic (exact) mass is 380 g/mol. The number of hydrogen-bond donors (Lipinski definition) is 2. The Morgan fingerprint density at radius 2 is 1.75 bits per heavy atom. The number of nitrogens with one attached hydrogen (secondary N) is 2. The fourth-order valence-electron chi connectivity index (χ4n) is 2.47. The summed E-state index contributed by atoms with van der Waals surface area (Å²) in [5, 5.41) is 5.69. The van der Waals surface area contributed by atoms with Crippen LogP contribution in [0.2, 0.25) is 0 Å². The van der Waals surface area contributed by atoms with Gasteiger partial charge in [0.15, 0.2) is 0 Å². The Balaban J connectivity index is 1.80. The Kier molecular flexibility index (Phi) is 5.59. The zero-order valence-electron chi connectivity index (χ0n) is 15.2. The highest BCUT2D eigenvalue weighted by Crippen LogP contribution is 2.18. The summed E-state index contributed by atoms with van der Waals surface area (Å²) in [6.45, 7) is 1.66. The van der Waals surface area contributed by atoms with Gasteiger partial charge in [0.25, 0.3) is 5.91 Å². The van der Waals surface area contributed by atoms with Gasteiger partial charge < -0.3 is 15.4 Å². The number of amides is 1. The van der Waals surface area contributed by atoms with Gasteiger partial charge in [-0.15, -0.1) is 0 Å². The number of halogens is 1. The molecule has 0 atom stereocenters. The van der Waals surface area contributed by atoms with Gasteiger partial charge in [0, 0.05) is 17.4 Å². The number of aryl methyl sites for hydroxylation is 1. The van der Waals surface area contributed by atoms with Gasteiger partial charge in [-0.1, -0.05) is 6.07 Å². The Hall–Kier alpha value is -3.81. The maximum absolute atomic E-state index is 13.0. The second-order valence-electron chi connectivity index (χ2n) is 5.84. The quantitative estimate of drug-likeness (QED) is 0.656. The molecule has 8 heteroatoms. The number of esters is 1. The molecule has 142 valence electrons. The zero-order valence-corrected chi connectivity index (χ0v) is 15.2. The van der Waals surface area contributed by atoms with Crippen LogP contribution < -0.4 is 10.6 Å². The smallest absolute Gasteiger partial charge is 0.337 e. The Labute approximate surface area is 160 Å². The van der Waals surface area contributed by atoms with Crippen LogP contribution in [0.25, 0.3) is 0 Å². The van der Waals surface area contributed by atoms with Crippen molar-refractivity contribution in [3.63, 3.8) is 0 Å². The van der Waals surface area contributed by atoms with Gasteiger partial charge >= 0.3 is 5.97 Å². The van der Waals surface area contributed by atoms with Crippen molar-refractivity contribution in [3.8, 4) is 0 Å². The Morgan fingerprint density at radius 3 is 2.46 bits per heavy atom. The highest BCUT2D eigenvalue weighted by Gasteiger charge is 2.12. The van der Waals surface area contributed by atoms with E-state index in [-0.39, 0.29) is 5.69 Å². The zero-order chi connectivity index (χ0) is 20.1. The van der Waals surface area contributed by atoms with Crippen LogP contribution in [0.1, 0.15) is 26.7 Å². The molecule has 7 nitrogen and oxygen atoms in total. The number of aromatic nitrogens is 2. The summed E-state index contributed by atoms with van der Waals surface area (Å²) in [4.78, 5) is 32.5. The molecule has 0 unspecified atom stereocenters. The highest BCUT2D eigenvalue weighted by molar-refractivity contribution is 6.03. The number of methoxy groups -OCH3 is 1. The molecule has 2 aromatic carbocycles. The Morgan fingerprint density at radius 1 is 1.00 bits per heavy atom. The van der Waals surface area contributed by atoms with Gasteiger partial charge in [-0.05, 0) is 49.4 Å². The third kappa shape index (κ3) is 4.67. The summed E-state index contributed by atoms with van der Waals surface area (Å²) in [7, 11) is 1.31. The minimum atomic E-state index is -0.457. The number of carbonyl (C=O) groups is 2. The van der Waals surface area contributed by atoms with Gasteiger partial charge in [0.2, 0.25) is 0 Å². The topological polar surface area (TPSA) is 93.2 Å². The van der Waals surface area contributed by atoms with E-state index in [1.807, 2.05) is 0 Å². The average Bonchev–Trinajstić information content (AvgIpc) is 2.69. The lowest BCUT2D eigenvalue weighted by molar-refractivity contribution is 0.0600. The van der Waals surface area contributed by atoms with E-state index in [0.717, 1.165) is 0 Å². The van der Waals surface area contributed by atoms with E-state index in [2.05, 4.69) is 20.6 Å². The van der Waals surface area contributed by atoms with Gasteiger partial charge in [-0.2, -0.15) is 0 Å². The second kappa shape index (κ2) is 8.26. The molecule has 0 aliphatic heterocycles. The first kappa shape index (κ1) is 19.0. The fourth-order valence-corrected chi connectivity index (χ4v) is 2.47. The maximum atomic E-state index is 13.0. The number of hydrogen-bond acceptors (Lipinski definition) is 6. The van der Waals surface area contributed by atoms with Gasteiger partial charge in [0.1, 0.15) is 23.2 Å². The van der Waals surface area contributed by atoms with Gasteiger partial charge in [0.05, 0.1) is 12.7 Å². The first-order chi connectivity index (χ1) is 13.4. The van der Waals surface area contributed by atoms with E-state index >= 15 is 0 Å². The van der Waals surface area contributed by atoms with E-state index in [1.54, 1.807) is 31.2 Å². The van der Waals surface area contributed by atoms with Crippen LogP contribution in [0.15, 0.2) is 54.6 Å². The fraction of sp³-hybridized carbons (Fsp3) is 0.100. The molecule has 0 saturated heterocycles. The van der Waals surface area contributed by atoms with Crippen molar-refractivity contribution < 1.29 is 18.7 Å². The van der Waals surface area contributed by atoms with Gasteiger partial charge in [-0.25, -0.2) is 19.2 Å². The molecular weight excluding hydrogens is 363 g/mol. The molecular formula is C20H17FN4O3. The van der Waals surface area contributed by atoms with E-state index in [0.29, 0.717) is 28.6 Å². The molecule has 0 fully saturated rings. The predicted octanol–water partition coefficient (Wildman–Crippen LogP) is 3.71. The lowest BCUT2D eigenvalue weighted by atomic mass is 10.2. The summed E-state index contributed by atoms with van der Waals surface area (Å²) in [5.74, 6) is -0.529. The third-order valence-electron chi connectivity index (χ3n) is 3.73.